The van der Waals surface area contributed by atoms with Gasteiger partial charge in [-0.15, -0.1) is 0 Å². The van der Waals surface area contributed by atoms with E-state index in [9.17, 15) is 18.0 Å². The van der Waals surface area contributed by atoms with Crippen LogP contribution in [0.15, 0.2) is 36.8 Å². The molecule has 0 unspecified atom stereocenters. The zero-order valence-corrected chi connectivity index (χ0v) is 22.0. The highest BCUT2D eigenvalue weighted by molar-refractivity contribution is 6.33. The molecule has 0 aromatic carbocycles. The van der Waals surface area contributed by atoms with E-state index in [1.165, 1.54) is 4.57 Å². The summed E-state index contributed by atoms with van der Waals surface area (Å²) < 4.78 is 44.5. The lowest BCUT2D eigenvalue weighted by Gasteiger charge is -2.32. The van der Waals surface area contributed by atoms with Gasteiger partial charge in [0.05, 0.1) is 23.8 Å². The standard InChI is InChI=1S/C25H26ClF3N8O/c1-5-34-13-20(25(27,28)29)32-24(34)18-7-6-16(11-30-18)15(4)36-21-10-19(33-35(21)9-8-22(36)38)23-17(26)12-31-37(23)14(2)3/h6-7,10-15H,5,8-9H2,1-4H3/t15-/m1/s1. The van der Waals surface area contributed by atoms with Crippen molar-refractivity contribution in [2.24, 2.45) is 0 Å². The van der Waals surface area contributed by atoms with Crippen molar-refractivity contribution >= 4 is 23.3 Å². The Balaban J connectivity index is 1.47. The van der Waals surface area contributed by atoms with Crippen LogP contribution >= 0.6 is 11.6 Å². The van der Waals surface area contributed by atoms with Crippen molar-refractivity contribution < 1.29 is 18.0 Å². The zero-order valence-electron chi connectivity index (χ0n) is 21.2. The molecule has 5 rings (SSSR count). The number of amides is 1. The summed E-state index contributed by atoms with van der Waals surface area (Å²) in [6.45, 7) is 8.35. The number of imidazole rings is 1. The monoisotopic (exact) mass is 546 g/mol. The van der Waals surface area contributed by atoms with E-state index in [0.29, 0.717) is 46.6 Å². The van der Waals surface area contributed by atoms with E-state index in [4.69, 9.17) is 16.7 Å². The average Bonchev–Trinajstić information content (AvgIpc) is 3.59. The van der Waals surface area contributed by atoms with Crippen molar-refractivity contribution in [2.75, 3.05) is 4.90 Å². The lowest BCUT2D eigenvalue weighted by atomic mass is 10.1. The number of hydrogen-bond donors (Lipinski definition) is 0. The SMILES string of the molecule is CCn1cc(C(F)(F)F)nc1-c1ccc([C@@H](C)N2C(=O)CCn3nc(-c4c(Cl)cnn4C(C)C)cc32)cn1. The number of pyridine rings is 1. The van der Waals surface area contributed by atoms with Crippen molar-refractivity contribution in [1.29, 1.82) is 0 Å². The minimum absolute atomic E-state index is 0.0630. The van der Waals surface area contributed by atoms with Gasteiger partial charge in [-0.05, 0) is 39.3 Å². The Bertz CT molecular complexity index is 1490. The number of alkyl halides is 3. The van der Waals surface area contributed by atoms with Gasteiger partial charge in [-0.25, -0.2) is 9.67 Å². The van der Waals surface area contributed by atoms with E-state index in [1.807, 2.05) is 26.8 Å². The molecule has 13 heteroatoms. The van der Waals surface area contributed by atoms with E-state index in [2.05, 4.69) is 15.1 Å². The van der Waals surface area contributed by atoms with Crippen LogP contribution in [0, 0.1) is 0 Å². The number of hydrogen-bond acceptors (Lipinski definition) is 5. The van der Waals surface area contributed by atoms with Crippen molar-refractivity contribution in [3.05, 3.63) is 53.1 Å². The van der Waals surface area contributed by atoms with Gasteiger partial charge in [0.2, 0.25) is 5.91 Å². The summed E-state index contributed by atoms with van der Waals surface area (Å²) in [4.78, 5) is 22.9. The Morgan fingerprint density at radius 1 is 1.13 bits per heavy atom. The molecule has 0 aliphatic carbocycles. The summed E-state index contributed by atoms with van der Waals surface area (Å²) in [7, 11) is 0. The highest BCUT2D eigenvalue weighted by Crippen LogP contribution is 2.37. The van der Waals surface area contributed by atoms with Crippen LogP contribution in [0.3, 0.4) is 0 Å². The number of carbonyl (C=O) groups is 1. The number of anilines is 1. The largest absolute Gasteiger partial charge is 0.434 e. The molecule has 0 bridgehead atoms. The van der Waals surface area contributed by atoms with Crippen LogP contribution in [0.25, 0.3) is 22.9 Å². The minimum atomic E-state index is -4.54. The van der Waals surface area contributed by atoms with Gasteiger partial charge in [0.25, 0.3) is 0 Å². The highest BCUT2D eigenvalue weighted by Gasteiger charge is 2.35. The molecule has 1 atom stereocenters. The maximum absolute atomic E-state index is 13.2. The van der Waals surface area contributed by atoms with Gasteiger partial charge in [0, 0.05) is 37.5 Å². The first-order valence-electron chi connectivity index (χ1n) is 12.2. The number of halogens is 4. The minimum Gasteiger partial charge on any atom is -0.329 e. The molecule has 0 spiro atoms. The van der Waals surface area contributed by atoms with Gasteiger partial charge < -0.3 is 4.57 Å². The first-order valence-corrected chi connectivity index (χ1v) is 12.6. The highest BCUT2D eigenvalue weighted by atomic mass is 35.5. The first kappa shape index (κ1) is 26.0. The predicted octanol–water partition coefficient (Wildman–Crippen LogP) is 5.78. The molecule has 1 aliphatic rings. The molecule has 0 saturated carbocycles. The van der Waals surface area contributed by atoms with Gasteiger partial charge in [-0.3, -0.25) is 19.4 Å². The second-order valence-electron chi connectivity index (χ2n) is 9.39. The molecule has 38 heavy (non-hydrogen) atoms. The molecule has 9 nitrogen and oxygen atoms in total. The molecule has 4 aromatic rings. The van der Waals surface area contributed by atoms with E-state index >= 15 is 0 Å². The van der Waals surface area contributed by atoms with E-state index in [-0.39, 0.29) is 24.2 Å². The fourth-order valence-corrected chi connectivity index (χ4v) is 4.88. The lowest BCUT2D eigenvalue weighted by molar-refractivity contribution is -0.140. The summed E-state index contributed by atoms with van der Waals surface area (Å²) in [5, 5.41) is 9.54. The third kappa shape index (κ3) is 4.46. The maximum Gasteiger partial charge on any atom is 0.434 e. The fraction of sp³-hybridized carbons (Fsp3) is 0.400. The van der Waals surface area contributed by atoms with E-state index < -0.39 is 17.9 Å². The quantitative estimate of drug-likeness (QED) is 0.306. The third-order valence-electron chi connectivity index (χ3n) is 6.59. The van der Waals surface area contributed by atoms with Crippen LogP contribution in [0.2, 0.25) is 5.02 Å². The molecule has 0 radical (unpaired) electrons. The van der Waals surface area contributed by atoms with Gasteiger partial charge >= 0.3 is 6.18 Å². The van der Waals surface area contributed by atoms with Crippen LogP contribution < -0.4 is 4.90 Å². The summed E-state index contributed by atoms with van der Waals surface area (Å²) in [6, 6.07) is 4.86. The topological polar surface area (TPSA) is 86.7 Å². The van der Waals surface area contributed by atoms with Crippen LogP contribution in [-0.4, -0.2) is 40.0 Å². The predicted molar refractivity (Wildman–Crippen MR) is 135 cm³/mol. The Hall–Kier alpha value is -3.67. The number of carbonyl (C=O) groups excluding carboxylic acids is 1. The van der Waals surface area contributed by atoms with Crippen LogP contribution in [0.1, 0.15) is 57.5 Å². The van der Waals surface area contributed by atoms with Crippen LogP contribution in [-0.2, 0) is 24.1 Å². The number of aryl methyl sites for hydroxylation is 2. The normalized spacial score (nSPS) is 14.9. The van der Waals surface area contributed by atoms with Crippen LogP contribution in [0.4, 0.5) is 19.0 Å². The molecule has 0 saturated heterocycles. The first-order chi connectivity index (χ1) is 18.0. The smallest absolute Gasteiger partial charge is 0.329 e. The van der Waals surface area contributed by atoms with Gasteiger partial charge in [0.1, 0.15) is 22.9 Å². The third-order valence-corrected chi connectivity index (χ3v) is 6.86. The summed E-state index contributed by atoms with van der Waals surface area (Å²) >= 11 is 6.43. The van der Waals surface area contributed by atoms with Crippen molar-refractivity contribution in [2.45, 2.75) is 65.5 Å². The number of fused-ring (bicyclic) bond motifs is 1. The van der Waals surface area contributed by atoms with Gasteiger partial charge in [0.15, 0.2) is 11.5 Å². The molecular weight excluding hydrogens is 521 g/mol. The van der Waals surface area contributed by atoms with E-state index in [0.717, 1.165) is 6.20 Å². The maximum atomic E-state index is 13.2. The zero-order chi connectivity index (χ0) is 27.4. The van der Waals surface area contributed by atoms with Crippen LogP contribution in [0.5, 0.6) is 0 Å². The summed E-state index contributed by atoms with van der Waals surface area (Å²) in [6.07, 6.45) is -0.145. The van der Waals surface area contributed by atoms with Crippen molar-refractivity contribution in [3.63, 3.8) is 0 Å². The molecule has 200 valence electrons. The molecule has 1 amide bonds. The molecule has 0 N–H and O–H groups in total. The molecular formula is C25H26ClF3N8O. The second kappa shape index (κ2) is 9.57. The Kier molecular flexibility index (Phi) is 6.54. The Morgan fingerprint density at radius 3 is 2.53 bits per heavy atom. The lowest BCUT2D eigenvalue weighted by Crippen LogP contribution is -2.39. The van der Waals surface area contributed by atoms with E-state index in [1.54, 1.807) is 45.7 Å². The van der Waals surface area contributed by atoms with Gasteiger partial charge in [-0.2, -0.15) is 23.4 Å². The summed E-state index contributed by atoms with van der Waals surface area (Å²) in [5.41, 5.74) is 1.36. The molecule has 4 aromatic heterocycles. The summed E-state index contributed by atoms with van der Waals surface area (Å²) in [5.74, 6) is 0.687. The second-order valence-corrected chi connectivity index (χ2v) is 9.80. The van der Waals surface area contributed by atoms with Crippen molar-refractivity contribution in [3.8, 4) is 22.9 Å². The molecule has 0 fully saturated rings. The number of nitrogens with zero attached hydrogens (tertiary/aromatic N) is 8. The molecule has 1 aliphatic heterocycles. The van der Waals surface area contributed by atoms with Crippen molar-refractivity contribution in [1.82, 2.24) is 34.1 Å². The van der Waals surface area contributed by atoms with Gasteiger partial charge in [-0.1, -0.05) is 17.7 Å². The average molecular weight is 547 g/mol. The molecule has 5 heterocycles. The Labute approximate surface area is 221 Å². The number of aromatic nitrogens is 7. The number of rotatable bonds is 6. The Morgan fingerprint density at radius 2 is 1.89 bits per heavy atom. The fourth-order valence-electron chi connectivity index (χ4n) is 4.65.